The molecule has 15 heavy (non-hydrogen) atoms. The zero-order valence-corrected chi connectivity index (χ0v) is 8.90. The largest absolute Gasteiger partial charge is 0.294 e. The van der Waals surface area contributed by atoms with Crippen molar-refractivity contribution < 1.29 is 4.79 Å². The van der Waals surface area contributed by atoms with Gasteiger partial charge in [-0.1, -0.05) is 17.2 Å². The molecule has 0 saturated heterocycles. The number of aryl methyl sites for hydroxylation is 2. The SMILES string of the molecule is Cc1ccc(C(=O)CCN=[N+]=[N-])cc1C. The van der Waals surface area contributed by atoms with E-state index in [4.69, 9.17) is 5.53 Å². The summed E-state index contributed by atoms with van der Waals surface area (Å²) in [7, 11) is 0. The van der Waals surface area contributed by atoms with Crippen LogP contribution in [0.2, 0.25) is 0 Å². The number of rotatable bonds is 4. The zero-order valence-electron chi connectivity index (χ0n) is 8.90. The normalized spacial score (nSPS) is 9.47. The van der Waals surface area contributed by atoms with E-state index >= 15 is 0 Å². The number of carbonyl (C=O) groups is 1. The second-order valence-corrected chi connectivity index (χ2v) is 3.43. The standard InChI is InChI=1S/C11H13N3O/c1-8-3-4-10(7-9(8)2)11(15)5-6-13-14-12/h3-4,7H,5-6H2,1-2H3. The Morgan fingerprint density at radius 1 is 1.40 bits per heavy atom. The first-order valence-corrected chi connectivity index (χ1v) is 4.76. The van der Waals surface area contributed by atoms with Crippen molar-refractivity contribution >= 4 is 5.78 Å². The van der Waals surface area contributed by atoms with Gasteiger partial charge in [0, 0.05) is 23.4 Å². The molecule has 0 spiro atoms. The molecule has 1 aromatic carbocycles. The van der Waals surface area contributed by atoms with Crippen molar-refractivity contribution in [2.24, 2.45) is 5.11 Å². The highest BCUT2D eigenvalue weighted by Gasteiger charge is 2.05. The molecular weight excluding hydrogens is 190 g/mol. The molecular formula is C11H13N3O. The van der Waals surface area contributed by atoms with E-state index in [9.17, 15) is 4.79 Å². The number of ketones is 1. The highest BCUT2D eigenvalue weighted by molar-refractivity contribution is 5.96. The van der Waals surface area contributed by atoms with Crippen LogP contribution in [0.25, 0.3) is 10.4 Å². The first kappa shape index (κ1) is 11.3. The Kier molecular flexibility index (Phi) is 3.89. The van der Waals surface area contributed by atoms with Crippen LogP contribution >= 0.6 is 0 Å². The van der Waals surface area contributed by atoms with Crippen molar-refractivity contribution in [2.45, 2.75) is 20.3 Å². The molecule has 0 aromatic heterocycles. The van der Waals surface area contributed by atoms with Crippen molar-refractivity contribution in [1.82, 2.24) is 0 Å². The average molecular weight is 203 g/mol. The van der Waals surface area contributed by atoms with E-state index in [0.29, 0.717) is 5.56 Å². The highest BCUT2D eigenvalue weighted by atomic mass is 16.1. The third-order valence-electron chi connectivity index (χ3n) is 2.33. The van der Waals surface area contributed by atoms with Crippen LogP contribution in [0.1, 0.15) is 27.9 Å². The Balaban J connectivity index is 2.74. The molecule has 0 unspecified atom stereocenters. The van der Waals surface area contributed by atoms with Gasteiger partial charge in [-0.2, -0.15) is 0 Å². The minimum Gasteiger partial charge on any atom is -0.294 e. The maximum absolute atomic E-state index is 11.6. The molecule has 0 aliphatic carbocycles. The lowest BCUT2D eigenvalue weighted by Crippen LogP contribution is -2.01. The van der Waals surface area contributed by atoms with Crippen LogP contribution in [0.15, 0.2) is 23.3 Å². The van der Waals surface area contributed by atoms with Gasteiger partial charge in [-0.05, 0) is 36.6 Å². The second kappa shape index (κ2) is 5.17. The van der Waals surface area contributed by atoms with Crippen LogP contribution in [-0.2, 0) is 0 Å². The summed E-state index contributed by atoms with van der Waals surface area (Å²) in [5.74, 6) is 0.0190. The summed E-state index contributed by atoms with van der Waals surface area (Å²) < 4.78 is 0. The lowest BCUT2D eigenvalue weighted by molar-refractivity contribution is 0.0985. The van der Waals surface area contributed by atoms with Gasteiger partial charge < -0.3 is 0 Å². The number of hydrogen-bond acceptors (Lipinski definition) is 2. The van der Waals surface area contributed by atoms with E-state index in [-0.39, 0.29) is 18.7 Å². The van der Waals surface area contributed by atoms with Gasteiger partial charge in [0.2, 0.25) is 0 Å². The van der Waals surface area contributed by atoms with E-state index in [0.717, 1.165) is 5.56 Å². The molecule has 1 rings (SSSR count). The van der Waals surface area contributed by atoms with Crippen molar-refractivity contribution in [3.05, 3.63) is 45.3 Å². The molecule has 0 bridgehead atoms. The highest BCUT2D eigenvalue weighted by Crippen LogP contribution is 2.11. The molecule has 0 atom stereocenters. The van der Waals surface area contributed by atoms with Crippen LogP contribution in [0.4, 0.5) is 0 Å². The van der Waals surface area contributed by atoms with E-state index < -0.39 is 0 Å². The summed E-state index contributed by atoms with van der Waals surface area (Å²) in [5.41, 5.74) is 11.0. The molecule has 4 nitrogen and oxygen atoms in total. The molecule has 0 radical (unpaired) electrons. The summed E-state index contributed by atoms with van der Waals surface area (Å²) in [5, 5.41) is 3.34. The van der Waals surface area contributed by atoms with Crippen LogP contribution in [0.3, 0.4) is 0 Å². The predicted molar refractivity (Wildman–Crippen MR) is 58.9 cm³/mol. The van der Waals surface area contributed by atoms with E-state index in [2.05, 4.69) is 10.0 Å². The fourth-order valence-electron chi connectivity index (χ4n) is 1.26. The Hall–Kier alpha value is -1.80. The summed E-state index contributed by atoms with van der Waals surface area (Å²) in [6.45, 7) is 4.20. The lowest BCUT2D eigenvalue weighted by atomic mass is 10.0. The van der Waals surface area contributed by atoms with Gasteiger partial charge in [0.05, 0.1) is 0 Å². The minimum absolute atomic E-state index is 0.0190. The smallest absolute Gasteiger partial charge is 0.163 e. The summed E-state index contributed by atoms with van der Waals surface area (Å²) in [4.78, 5) is 14.2. The third-order valence-corrected chi connectivity index (χ3v) is 2.33. The van der Waals surface area contributed by atoms with Crippen LogP contribution in [0.5, 0.6) is 0 Å². The fourth-order valence-corrected chi connectivity index (χ4v) is 1.26. The summed E-state index contributed by atoms with van der Waals surface area (Å²) in [6, 6.07) is 5.60. The van der Waals surface area contributed by atoms with Crippen molar-refractivity contribution in [1.29, 1.82) is 0 Å². The molecule has 0 saturated carbocycles. The number of benzene rings is 1. The van der Waals surface area contributed by atoms with Crippen LogP contribution in [0, 0.1) is 13.8 Å². The molecule has 1 aromatic rings. The van der Waals surface area contributed by atoms with Gasteiger partial charge in [-0.25, -0.2) is 0 Å². The molecule has 0 heterocycles. The molecule has 0 fully saturated rings. The maximum atomic E-state index is 11.6. The van der Waals surface area contributed by atoms with Gasteiger partial charge in [-0.15, -0.1) is 0 Å². The average Bonchev–Trinajstić information content (AvgIpc) is 2.22. The minimum atomic E-state index is 0.0190. The number of nitrogens with zero attached hydrogens (tertiary/aromatic N) is 3. The van der Waals surface area contributed by atoms with Crippen molar-refractivity contribution in [2.75, 3.05) is 6.54 Å². The van der Waals surface area contributed by atoms with Crippen LogP contribution in [-0.4, -0.2) is 12.3 Å². The quantitative estimate of drug-likeness (QED) is 0.320. The maximum Gasteiger partial charge on any atom is 0.163 e. The van der Waals surface area contributed by atoms with E-state index in [1.165, 1.54) is 5.56 Å². The van der Waals surface area contributed by atoms with Gasteiger partial charge in [0.25, 0.3) is 0 Å². The van der Waals surface area contributed by atoms with Gasteiger partial charge in [0.15, 0.2) is 5.78 Å². The predicted octanol–water partition coefficient (Wildman–Crippen LogP) is 3.19. The summed E-state index contributed by atoms with van der Waals surface area (Å²) >= 11 is 0. The fraction of sp³-hybridized carbons (Fsp3) is 0.364. The molecule has 0 aliphatic heterocycles. The topological polar surface area (TPSA) is 65.8 Å². The van der Waals surface area contributed by atoms with Crippen molar-refractivity contribution in [3.63, 3.8) is 0 Å². The monoisotopic (exact) mass is 203 g/mol. The number of carbonyl (C=O) groups excluding carboxylic acids is 1. The van der Waals surface area contributed by atoms with Crippen molar-refractivity contribution in [3.8, 4) is 0 Å². The molecule has 4 heteroatoms. The Bertz CT molecular complexity index is 420. The first-order chi connectivity index (χ1) is 7.15. The van der Waals surface area contributed by atoms with E-state index in [1.807, 2.05) is 26.0 Å². The van der Waals surface area contributed by atoms with E-state index in [1.54, 1.807) is 6.07 Å². The molecule has 78 valence electrons. The number of hydrogen-bond donors (Lipinski definition) is 0. The van der Waals surface area contributed by atoms with Crippen LogP contribution < -0.4 is 0 Å². The zero-order chi connectivity index (χ0) is 11.3. The summed E-state index contributed by atoms with van der Waals surface area (Å²) in [6.07, 6.45) is 0.270. The lowest BCUT2D eigenvalue weighted by Gasteiger charge is -2.03. The Morgan fingerprint density at radius 2 is 2.13 bits per heavy atom. The molecule has 0 amide bonds. The van der Waals surface area contributed by atoms with Gasteiger partial charge in [0.1, 0.15) is 0 Å². The number of azide groups is 1. The first-order valence-electron chi connectivity index (χ1n) is 4.76. The van der Waals surface area contributed by atoms with Gasteiger partial charge in [-0.3, -0.25) is 4.79 Å². The Morgan fingerprint density at radius 3 is 2.73 bits per heavy atom. The second-order valence-electron chi connectivity index (χ2n) is 3.43. The molecule has 0 N–H and O–H groups in total. The third kappa shape index (κ3) is 3.11. The molecule has 0 aliphatic rings. The van der Waals surface area contributed by atoms with Gasteiger partial charge >= 0.3 is 0 Å². The number of Topliss-reactive ketones (excluding diaryl/α,β-unsaturated/α-hetero) is 1. The Labute approximate surface area is 88.6 Å².